The van der Waals surface area contributed by atoms with E-state index in [-0.39, 0.29) is 4.90 Å². The Kier molecular flexibility index (Phi) is 4.21. The molecule has 0 amide bonds. The summed E-state index contributed by atoms with van der Waals surface area (Å²) in [5.41, 5.74) is 4.02. The highest BCUT2D eigenvalue weighted by Crippen LogP contribution is 2.35. The summed E-state index contributed by atoms with van der Waals surface area (Å²) in [5.74, 6) is 0.630. The number of nitrogens with zero attached hydrogens (tertiary/aromatic N) is 1. The van der Waals surface area contributed by atoms with Gasteiger partial charge in [-0.3, -0.25) is 0 Å². The molecular formula is C17H15ClN2O3S. The molecule has 5 nitrogen and oxygen atoms in total. The number of aromatic nitrogens is 1. The lowest BCUT2D eigenvalue weighted by Gasteiger charge is -2.06. The fraction of sp³-hybridized carbons (Fsp3) is 0.118. The normalized spacial score (nSPS) is 11.7. The first-order valence-corrected chi connectivity index (χ1v) is 9.06. The van der Waals surface area contributed by atoms with Gasteiger partial charge in [0.05, 0.1) is 10.5 Å². The smallest absolute Gasteiger partial charge is 0.238 e. The first-order valence-electron chi connectivity index (χ1n) is 7.13. The van der Waals surface area contributed by atoms with Crippen molar-refractivity contribution in [2.24, 2.45) is 5.14 Å². The molecule has 2 aromatic carbocycles. The lowest BCUT2D eigenvalue weighted by atomic mass is 9.99. The molecule has 124 valence electrons. The number of hydrogen-bond acceptors (Lipinski definition) is 4. The van der Waals surface area contributed by atoms with Gasteiger partial charge in [0.15, 0.2) is 0 Å². The highest BCUT2D eigenvalue weighted by Gasteiger charge is 2.18. The zero-order valence-corrected chi connectivity index (χ0v) is 14.6. The van der Waals surface area contributed by atoms with Gasteiger partial charge in [0, 0.05) is 10.6 Å². The average Bonchev–Trinajstić information content (AvgIpc) is 2.91. The number of benzene rings is 2. The number of hydrogen-bond donors (Lipinski definition) is 1. The van der Waals surface area contributed by atoms with Crippen LogP contribution in [0.4, 0.5) is 0 Å². The van der Waals surface area contributed by atoms with Crippen LogP contribution in [0.2, 0.25) is 5.02 Å². The van der Waals surface area contributed by atoms with Crippen molar-refractivity contribution in [2.45, 2.75) is 18.7 Å². The first-order chi connectivity index (χ1) is 11.3. The summed E-state index contributed by atoms with van der Waals surface area (Å²) in [6.07, 6.45) is 0. The van der Waals surface area contributed by atoms with Crippen molar-refractivity contribution in [1.82, 2.24) is 5.16 Å². The topological polar surface area (TPSA) is 86.2 Å². The third-order valence-electron chi connectivity index (χ3n) is 3.78. The van der Waals surface area contributed by atoms with E-state index in [2.05, 4.69) is 5.16 Å². The molecular weight excluding hydrogens is 348 g/mol. The molecule has 24 heavy (non-hydrogen) atoms. The largest absolute Gasteiger partial charge is 0.360 e. The zero-order valence-electron chi connectivity index (χ0n) is 13.1. The van der Waals surface area contributed by atoms with Gasteiger partial charge in [-0.05, 0) is 43.2 Å². The summed E-state index contributed by atoms with van der Waals surface area (Å²) in [4.78, 5) is 0.0558. The van der Waals surface area contributed by atoms with Gasteiger partial charge in [-0.25, -0.2) is 13.6 Å². The first kappa shape index (κ1) is 16.7. The zero-order chi connectivity index (χ0) is 17.5. The molecule has 0 saturated heterocycles. The van der Waals surface area contributed by atoms with Crippen LogP contribution in [0.25, 0.3) is 22.4 Å². The Balaban J connectivity index is 2.12. The van der Waals surface area contributed by atoms with Crippen molar-refractivity contribution < 1.29 is 12.9 Å². The van der Waals surface area contributed by atoms with E-state index in [4.69, 9.17) is 21.3 Å². The molecule has 0 aliphatic heterocycles. The molecule has 0 unspecified atom stereocenters. The van der Waals surface area contributed by atoms with Gasteiger partial charge in [-0.2, -0.15) is 0 Å². The van der Waals surface area contributed by atoms with Gasteiger partial charge < -0.3 is 4.52 Å². The molecule has 0 fully saturated rings. The lowest BCUT2D eigenvalue weighted by Crippen LogP contribution is -2.11. The highest BCUT2D eigenvalue weighted by atomic mass is 35.5. The molecule has 0 saturated carbocycles. The summed E-state index contributed by atoms with van der Waals surface area (Å²) in [7, 11) is -3.73. The second-order valence-corrected chi connectivity index (χ2v) is 7.46. The summed E-state index contributed by atoms with van der Waals surface area (Å²) in [6.45, 7) is 3.72. The Morgan fingerprint density at radius 1 is 1.04 bits per heavy atom. The molecule has 3 rings (SSSR count). The van der Waals surface area contributed by atoms with Crippen LogP contribution in [0.5, 0.6) is 0 Å². The van der Waals surface area contributed by atoms with E-state index < -0.39 is 10.0 Å². The quantitative estimate of drug-likeness (QED) is 0.764. The van der Waals surface area contributed by atoms with Gasteiger partial charge in [0.1, 0.15) is 11.5 Å². The summed E-state index contributed by atoms with van der Waals surface area (Å²) < 4.78 is 28.1. The molecule has 0 aliphatic carbocycles. The molecule has 3 aromatic rings. The molecule has 0 aliphatic rings. The van der Waals surface area contributed by atoms with E-state index in [0.29, 0.717) is 16.5 Å². The molecule has 1 aromatic heterocycles. The molecule has 0 atom stereocenters. The maximum atomic E-state index is 11.4. The van der Waals surface area contributed by atoms with E-state index in [1.54, 1.807) is 19.1 Å². The molecule has 1 heterocycles. The van der Waals surface area contributed by atoms with Crippen LogP contribution < -0.4 is 5.14 Å². The van der Waals surface area contributed by atoms with Gasteiger partial charge in [0.2, 0.25) is 10.0 Å². The van der Waals surface area contributed by atoms with Crippen molar-refractivity contribution in [2.75, 3.05) is 0 Å². The van der Waals surface area contributed by atoms with Crippen LogP contribution >= 0.6 is 11.6 Å². The molecule has 7 heteroatoms. The predicted octanol–water partition coefficient (Wildman–Crippen LogP) is 3.93. The minimum Gasteiger partial charge on any atom is -0.360 e. The van der Waals surface area contributed by atoms with Gasteiger partial charge in [0.25, 0.3) is 0 Å². The van der Waals surface area contributed by atoms with Crippen LogP contribution in [-0.4, -0.2) is 13.6 Å². The fourth-order valence-electron chi connectivity index (χ4n) is 2.46. The third kappa shape index (κ3) is 3.08. The number of nitrogens with two attached hydrogens (primary N) is 1. The Morgan fingerprint density at radius 3 is 2.25 bits per heavy atom. The van der Waals surface area contributed by atoms with E-state index in [1.807, 2.05) is 25.1 Å². The van der Waals surface area contributed by atoms with Crippen molar-refractivity contribution >= 4 is 21.6 Å². The van der Waals surface area contributed by atoms with Crippen LogP contribution in [-0.2, 0) is 10.0 Å². The van der Waals surface area contributed by atoms with Crippen molar-refractivity contribution in [1.29, 1.82) is 0 Å². The van der Waals surface area contributed by atoms with E-state index in [1.165, 1.54) is 12.1 Å². The fourth-order valence-corrected chi connectivity index (χ4v) is 3.16. The second kappa shape index (κ2) is 6.05. The monoisotopic (exact) mass is 362 g/mol. The minimum absolute atomic E-state index is 0.0558. The molecule has 0 spiro atoms. The predicted molar refractivity (Wildman–Crippen MR) is 93.2 cm³/mol. The van der Waals surface area contributed by atoms with Crippen molar-refractivity contribution in [3.05, 3.63) is 58.8 Å². The Bertz CT molecular complexity index is 1010. The van der Waals surface area contributed by atoms with Crippen molar-refractivity contribution in [3.63, 3.8) is 0 Å². The van der Waals surface area contributed by atoms with Crippen LogP contribution in [0.3, 0.4) is 0 Å². The number of sulfonamides is 1. The molecule has 0 radical (unpaired) electrons. The van der Waals surface area contributed by atoms with Crippen LogP contribution in [0, 0.1) is 13.8 Å². The highest BCUT2D eigenvalue weighted by molar-refractivity contribution is 7.89. The summed E-state index contributed by atoms with van der Waals surface area (Å²) >= 11 is 6.20. The van der Waals surface area contributed by atoms with Gasteiger partial charge in [-0.1, -0.05) is 41.0 Å². The van der Waals surface area contributed by atoms with Crippen LogP contribution in [0.15, 0.2) is 51.9 Å². The summed E-state index contributed by atoms with van der Waals surface area (Å²) in [6, 6.07) is 11.9. The molecule has 2 N–H and O–H groups in total. The van der Waals surface area contributed by atoms with E-state index in [9.17, 15) is 8.42 Å². The molecule has 0 bridgehead atoms. The van der Waals surface area contributed by atoms with Gasteiger partial charge in [-0.15, -0.1) is 0 Å². The maximum Gasteiger partial charge on any atom is 0.238 e. The summed E-state index contributed by atoms with van der Waals surface area (Å²) in [5, 5.41) is 9.90. The van der Waals surface area contributed by atoms with Crippen LogP contribution in [0.1, 0.15) is 11.3 Å². The number of halogens is 1. The van der Waals surface area contributed by atoms with Gasteiger partial charge >= 0.3 is 0 Å². The second-order valence-electron chi connectivity index (χ2n) is 5.50. The van der Waals surface area contributed by atoms with E-state index >= 15 is 0 Å². The Hall–Kier alpha value is -2.15. The average molecular weight is 363 g/mol. The minimum atomic E-state index is -3.73. The van der Waals surface area contributed by atoms with E-state index in [0.717, 1.165) is 22.3 Å². The standard InChI is InChI=1S/C17H15ClN2O3S/c1-10-3-4-13(9-15(10)18)17-16(11(2)23-20-17)12-5-7-14(8-6-12)24(19,21)22/h3-9H,1-2H3,(H2,19,21,22). The number of rotatable bonds is 3. The maximum absolute atomic E-state index is 11.4. The Morgan fingerprint density at radius 2 is 1.67 bits per heavy atom. The third-order valence-corrected chi connectivity index (χ3v) is 5.12. The number of aryl methyl sites for hydroxylation is 2. The van der Waals surface area contributed by atoms with Crippen molar-refractivity contribution in [3.8, 4) is 22.4 Å². The number of primary sulfonamides is 1. The lowest BCUT2D eigenvalue weighted by molar-refractivity contribution is 0.400. The Labute approximate surface area is 145 Å². The SMILES string of the molecule is Cc1ccc(-c2noc(C)c2-c2ccc(S(N)(=O)=O)cc2)cc1Cl.